The molecule has 0 atom stereocenters. The third-order valence-corrected chi connectivity index (χ3v) is 1.98. The maximum absolute atomic E-state index is 13.2. The van der Waals surface area contributed by atoms with E-state index in [4.69, 9.17) is 11.6 Å². The highest BCUT2D eigenvalue weighted by Crippen LogP contribution is 2.20. The van der Waals surface area contributed by atoms with Gasteiger partial charge in [0.1, 0.15) is 11.6 Å². The van der Waals surface area contributed by atoms with Crippen LogP contribution in [0.2, 0.25) is 5.02 Å². The topological polar surface area (TPSA) is 17.1 Å². The fraction of sp³-hybridized carbons (Fsp3) is 0.182. The van der Waals surface area contributed by atoms with Crippen molar-refractivity contribution in [2.45, 2.75) is 13.8 Å². The molecule has 0 unspecified atom stereocenters. The van der Waals surface area contributed by atoms with E-state index in [-0.39, 0.29) is 10.6 Å². The molecule has 1 nitrogen and oxygen atoms in total. The molecule has 0 aliphatic heterocycles. The number of benzene rings is 1. The van der Waals surface area contributed by atoms with E-state index in [1.165, 1.54) is 6.08 Å². The van der Waals surface area contributed by atoms with E-state index in [0.717, 1.165) is 17.7 Å². The molecule has 0 aliphatic carbocycles. The lowest BCUT2D eigenvalue weighted by atomic mass is 10.1. The Labute approximate surface area is 91.4 Å². The summed E-state index contributed by atoms with van der Waals surface area (Å²) in [6.07, 6.45) is 1.24. The first kappa shape index (κ1) is 11.9. The quantitative estimate of drug-likeness (QED) is 0.429. The number of rotatable bonds is 2. The minimum absolute atomic E-state index is 0.307. The maximum Gasteiger partial charge on any atom is 0.188 e. The average Bonchev–Trinajstić information content (AvgIpc) is 2.09. The van der Waals surface area contributed by atoms with E-state index in [0.29, 0.717) is 0 Å². The molecular formula is C11H9ClF2O. The molecule has 15 heavy (non-hydrogen) atoms. The SMILES string of the molecule is CC(C)=CC(=O)c1cc(F)c(Cl)cc1F. The highest BCUT2D eigenvalue weighted by Gasteiger charge is 2.13. The van der Waals surface area contributed by atoms with Crippen LogP contribution >= 0.6 is 11.6 Å². The van der Waals surface area contributed by atoms with Gasteiger partial charge in [0.25, 0.3) is 0 Å². The van der Waals surface area contributed by atoms with Crippen molar-refractivity contribution < 1.29 is 13.6 Å². The Morgan fingerprint density at radius 2 is 1.87 bits per heavy atom. The fourth-order valence-corrected chi connectivity index (χ4v) is 1.20. The molecule has 0 radical (unpaired) electrons. The van der Waals surface area contributed by atoms with E-state index in [1.54, 1.807) is 13.8 Å². The van der Waals surface area contributed by atoms with Crippen LogP contribution in [0.4, 0.5) is 8.78 Å². The molecule has 0 fully saturated rings. The van der Waals surface area contributed by atoms with Crippen LogP contribution in [0.25, 0.3) is 0 Å². The molecule has 1 aromatic rings. The normalized spacial score (nSPS) is 9.93. The summed E-state index contributed by atoms with van der Waals surface area (Å²) in [6.45, 7) is 3.39. The van der Waals surface area contributed by atoms with Crippen LogP contribution in [0.1, 0.15) is 24.2 Å². The van der Waals surface area contributed by atoms with Gasteiger partial charge in [0, 0.05) is 0 Å². The Kier molecular flexibility index (Phi) is 3.58. The lowest BCUT2D eigenvalue weighted by molar-refractivity contribution is 0.104. The molecule has 0 bridgehead atoms. The van der Waals surface area contributed by atoms with Gasteiger partial charge in [0.2, 0.25) is 0 Å². The average molecular weight is 231 g/mol. The van der Waals surface area contributed by atoms with Crippen molar-refractivity contribution >= 4 is 17.4 Å². The van der Waals surface area contributed by atoms with Gasteiger partial charge in [-0.05, 0) is 32.1 Å². The second-order valence-corrected chi connectivity index (χ2v) is 3.74. The highest BCUT2D eigenvalue weighted by atomic mass is 35.5. The van der Waals surface area contributed by atoms with Crippen LogP contribution in [0.5, 0.6) is 0 Å². The summed E-state index contributed by atoms with van der Waals surface area (Å²) in [4.78, 5) is 11.4. The van der Waals surface area contributed by atoms with Crippen LogP contribution in [0.3, 0.4) is 0 Å². The fourth-order valence-electron chi connectivity index (χ4n) is 1.05. The Morgan fingerprint density at radius 3 is 2.40 bits per heavy atom. The lowest BCUT2D eigenvalue weighted by Gasteiger charge is -2.01. The number of allylic oxidation sites excluding steroid dienone is 2. The van der Waals surface area contributed by atoms with Crippen molar-refractivity contribution in [1.82, 2.24) is 0 Å². The Morgan fingerprint density at radius 1 is 1.27 bits per heavy atom. The van der Waals surface area contributed by atoms with Crippen molar-refractivity contribution in [2.75, 3.05) is 0 Å². The van der Waals surface area contributed by atoms with Crippen molar-refractivity contribution in [3.63, 3.8) is 0 Å². The third kappa shape index (κ3) is 2.86. The molecule has 0 spiro atoms. The van der Waals surface area contributed by atoms with Crippen LogP contribution in [0.15, 0.2) is 23.8 Å². The first-order chi connectivity index (χ1) is 6.91. The number of hydrogen-bond acceptors (Lipinski definition) is 1. The van der Waals surface area contributed by atoms with Crippen LogP contribution in [-0.2, 0) is 0 Å². The van der Waals surface area contributed by atoms with Crippen LogP contribution in [0, 0.1) is 11.6 Å². The monoisotopic (exact) mass is 230 g/mol. The van der Waals surface area contributed by atoms with Gasteiger partial charge in [-0.1, -0.05) is 17.2 Å². The van der Waals surface area contributed by atoms with E-state index in [1.807, 2.05) is 0 Å². The number of halogens is 3. The number of ketones is 1. The van der Waals surface area contributed by atoms with Crippen molar-refractivity contribution in [3.05, 3.63) is 46.0 Å². The molecule has 0 heterocycles. The Balaban J connectivity index is 3.21. The van der Waals surface area contributed by atoms with E-state index in [9.17, 15) is 13.6 Å². The molecule has 0 N–H and O–H groups in total. The van der Waals surface area contributed by atoms with Crippen molar-refractivity contribution in [1.29, 1.82) is 0 Å². The van der Waals surface area contributed by atoms with Crippen LogP contribution < -0.4 is 0 Å². The second-order valence-electron chi connectivity index (χ2n) is 3.33. The van der Waals surface area contributed by atoms with Gasteiger partial charge >= 0.3 is 0 Å². The largest absolute Gasteiger partial charge is 0.289 e. The van der Waals surface area contributed by atoms with Gasteiger partial charge in [0.05, 0.1) is 10.6 Å². The summed E-state index contributed by atoms with van der Waals surface area (Å²) in [5.74, 6) is -2.18. The highest BCUT2D eigenvalue weighted by molar-refractivity contribution is 6.30. The molecule has 0 amide bonds. The number of carbonyl (C=O) groups excluding carboxylic acids is 1. The Hall–Kier alpha value is -1.22. The minimum atomic E-state index is -0.816. The Bertz CT molecular complexity index is 434. The van der Waals surface area contributed by atoms with Gasteiger partial charge in [-0.3, -0.25) is 4.79 Å². The first-order valence-electron chi connectivity index (χ1n) is 4.25. The third-order valence-electron chi connectivity index (χ3n) is 1.70. The van der Waals surface area contributed by atoms with Gasteiger partial charge < -0.3 is 0 Å². The molecule has 0 saturated carbocycles. The number of hydrogen-bond donors (Lipinski definition) is 0. The van der Waals surface area contributed by atoms with Crippen molar-refractivity contribution in [3.8, 4) is 0 Å². The summed E-state index contributed by atoms with van der Waals surface area (Å²) < 4.78 is 26.2. The molecule has 0 aromatic heterocycles. The maximum atomic E-state index is 13.2. The minimum Gasteiger partial charge on any atom is -0.289 e. The van der Waals surface area contributed by atoms with Crippen LogP contribution in [-0.4, -0.2) is 5.78 Å². The van der Waals surface area contributed by atoms with Gasteiger partial charge in [-0.15, -0.1) is 0 Å². The molecule has 1 rings (SSSR count). The molecule has 80 valence electrons. The zero-order valence-corrected chi connectivity index (χ0v) is 9.03. The molecule has 1 aromatic carbocycles. The van der Waals surface area contributed by atoms with Gasteiger partial charge in [-0.25, -0.2) is 8.78 Å². The van der Waals surface area contributed by atoms with Crippen molar-refractivity contribution in [2.24, 2.45) is 0 Å². The summed E-state index contributed by atoms with van der Waals surface area (Å²) in [6, 6.07) is 1.60. The number of carbonyl (C=O) groups is 1. The summed E-state index contributed by atoms with van der Waals surface area (Å²) in [5, 5.41) is -0.332. The second kappa shape index (κ2) is 4.53. The molecular weight excluding hydrogens is 222 g/mol. The summed E-state index contributed by atoms with van der Waals surface area (Å²) >= 11 is 5.35. The van der Waals surface area contributed by atoms with E-state index in [2.05, 4.69) is 0 Å². The first-order valence-corrected chi connectivity index (χ1v) is 4.63. The predicted molar refractivity (Wildman–Crippen MR) is 55.1 cm³/mol. The van der Waals surface area contributed by atoms with Gasteiger partial charge in [0.15, 0.2) is 5.78 Å². The lowest BCUT2D eigenvalue weighted by Crippen LogP contribution is -2.00. The standard InChI is InChI=1S/C11H9ClF2O/c1-6(2)3-11(15)7-4-10(14)8(12)5-9(7)13/h3-5H,1-2H3. The summed E-state index contributed by atoms with van der Waals surface area (Å²) in [7, 11) is 0. The zero-order valence-electron chi connectivity index (χ0n) is 8.27. The zero-order chi connectivity index (χ0) is 11.6. The van der Waals surface area contributed by atoms with E-state index >= 15 is 0 Å². The van der Waals surface area contributed by atoms with E-state index < -0.39 is 17.4 Å². The molecule has 0 saturated heterocycles. The smallest absolute Gasteiger partial charge is 0.188 e. The summed E-state index contributed by atoms with van der Waals surface area (Å²) in [5.41, 5.74) is 0.410. The van der Waals surface area contributed by atoms with Gasteiger partial charge in [-0.2, -0.15) is 0 Å². The predicted octanol–water partition coefficient (Wildman–Crippen LogP) is 3.77. The molecule has 4 heteroatoms. The molecule has 0 aliphatic rings.